The van der Waals surface area contributed by atoms with Crippen LogP contribution in [0.15, 0.2) is 46.1 Å². The summed E-state index contributed by atoms with van der Waals surface area (Å²) in [4.78, 5) is 57.4. The molecule has 1 saturated heterocycles. The Labute approximate surface area is 230 Å². The van der Waals surface area contributed by atoms with Gasteiger partial charge in [0, 0.05) is 18.2 Å². The zero-order valence-electron chi connectivity index (χ0n) is 22.8. The van der Waals surface area contributed by atoms with Crippen molar-refractivity contribution in [3.8, 4) is 5.75 Å². The molecular weight excluding hydrogens is 549 g/mol. The van der Waals surface area contributed by atoms with Gasteiger partial charge in [0.1, 0.15) is 24.1 Å². The highest BCUT2D eigenvalue weighted by atomic mass is 31.1. The van der Waals surface area contributed by atoms with Gasteiger partial charge in [-0.1, -0.05) is 23.0 Å². The number of nitrogens with zero attached hydrogens (tertiary/aromatic N) is 2. The van der Waals surface area contributed by atoms with Gasteiger partial charge in [0.05, 0.1) is 18.8 Å². The molecule has 40 heavy (non-hydrogen) atoms. The number of aromatic nitrogens is 2. The lowest BCUT2D eigenvalue weighted by molar-refractivity contribution is -0.174. The van der Waals surface area contributed by atoms with Crippen LogP contribution < -0.4 is 16.1 Å². The molecule has 1 aliphatic heterocycles. The predicted molar refractivity (Wildman–Crippen MR) is 141 cm³/mol. The molecule has 2 N–H and O–H groups in total. The first-order chi connectivity index (χ1) is 18.9. The minimum atomic E-state index is -3.32. The normalized spacial score (nSPS) is 21.1. The summed E-state index contributed by atoms with van der Waals surface area (Å²) in [5.41, 5.74) is -0.955. The largest absolute Gasteiger partial charge is 0.460 e. The van der Waals surface area contributed by atoms with Gasteiger partial charge in [0.2, 0.25) is 0 Å². The number of carbonyl (C=O) groups excluding carboxylic acids is 2. The van der Waals surface area contributed by atoms with Crippen LogP contribution in [-0.4, -0.2) is 68.5 Å². The standard InChI is InChI=1S/C25H34N3O11P/c1-14(2)36-24(32)17(5)37-23(31)16(4)28(39-18-9-7-6-8-10-18)40(34)35-13-20-19(29)11-21(38-20)27-12-15(3)22(30)26-25(27)33/h6-10,12,14,16-17,19-21,29,40H,11,13H2,1-5H3,(H,26,30,33)/t16?,17?,19-,20+,21+/m0/s1. The summed E-state index contributed by atoms with van der Waals surface area (Å²) >= 11 is 0. The summed E-state index contributed by atoms with van der Waals surface area (Å²) < 4.78 is 35.9. The average Bonchev–Trinajstić information content (AvgIpc) is 3.27. The number of benzene rings is 1. The molecule has 0 bridgehead atoms. The monoisotopic (exact) mass is 583 g/mol. The Morgan fingerprint density at radius 1 is 1.15 bits per heavy atom. The predicted octanol–water partition coefficient (Wildman–Crippen LogP) is 1.47. The minimum absolute atomic E-state index is 0.0116. The van der Waals surface area contributed by atoms with E-state index >= 15 is 0 Å². The fourth-order valence-corrected chi connectivity index (χ4v) is 4.70. The molecule has 220 valence electrons. The van der Waals surface area contributed by atoms with Crippen LogP contribution >= 0.6 is 8.18 Å². The van der Waals surface area contributed by atoms with E-state index in [1.807, 2.05) is 0 Å². The maximum absolute atomic E-state index is 13.2. The zero-order valence-corrected chi connectivity index (χ0v) is 23.8. The van der Waals surface area contributed by atoms with Gasteiger partial charge >= 0.3 is 17.6 Å². The number of ether oxygens (including phenoxy) is 3. The number of hydrogen-bond acceptors (Lipinski definition) is 11. The Kier molecular flexibility index (Phi) is 10.8. The number of nitrogens with one attached hydrogen (secondary N) is 1. The summed E-state index contributed by atoms with van der Waals surface area (Å²) in [5.74, 6) is -1.41. The number of hydrogen-bond donors (Lipinski definition) is 2. The van der Waals surface area contributed by atoms with Gasteiger partial charge in [-0.15, -0.1) is 0 Å². The molecule has 0 saturated carbocycles. The highest BCUT2D eigenvalue weighted by Crippen LogP contribution is 2.35. The lowest BCUT2D eigenvalue weighted by Crippen LogP contribution is -2.41. The van der Waals surface area contributed by atoms with E-state index in [-0.39, 0.29) is 24.3 Å². The first kappa shape index (κ1) is 31.2. The highest BCUT2D eigenvalue weighted by molar-refractivity contribution is 7.36. The first-order valence-electron chi connectivity index (χ1n) is 12.6. The molecule has 0 radical (unpaired) electrons. The number of hydroxylamine groups is 1. The Hall–Kier alpha value is -3.29. The van der Waals surface area contributed by atoms with Crippen LogP contribution in [0.2, 0.25) is 0 Å². The van der Waals surface area contributed by atoms with Crippen LogP contribution in [0.1, 0.15) is 45.9 Å². The van der Waals surface area contributed by atoms with E-state index < -0.39 is 68.1 Å². The van der Waals surface area contributed by atoms with E-state index in [9.17, 15) is 28.8 Å². The van der Waals surface area contributed by atoms with Crippen LogP contribution in [0.25, 0.3) is 0 Å². The molecule has 1 aliphatic rings. The molecular formula is C25H34N3O11P. The molecule has 15 heteroatoms. The van der Waals surface area contributed by atoms with Gasteiger partial charge < -0.3 is 28.7 Å². The van der Waals surface area contributed by atoms with Gasteiger partial charge in [-0.3, -0.25) is 23.7 Å². The number of rotatable bonds is 12. The molecule has 2 heterocycles. The number of aryl methyl sites for hydroxylation is 1. The highest BCUT2D eigenvalue weighted by Gasteiger charge is 2.38. The van der Waals surface area contributed by atoms with Gasteiger partial charge in [-0.2, -0.15) is 0 Å². The van der Waals surface area contributed by atoms with Gasteiger partial charge in [0.25, 0.3) is 13.7 Å². The van der Waals surface area contributed by atoms with Crippen molar-refractivity contribution in [1.82, 2.24) is 14.4 Å². The molecule has 0 aliphatic carbocycles. The molecule has 2 aromatic rings. The van der Waals surface area contributed by atoms with Crippen molar-refractivity contribution >= 4 is 20.1 Å². The number of aliphatic hydroxyl groups excluding tert-OH is 1. The van der Waals surface area contributed by atoms with Gasteiger partial charge in [0.15, 0.2) is 6.10 Å². The second-order valence-electron chi connectivity index (χ2n) is 9.46. The molecule has 3 rings (SSSR count). The Bertz CT molecular complexity index is 1310. The molecule has 14 nitrogen and oxygen atoms in total. The third-order valence-corrected chi connectivity index (χ3v) is 7.08. The van der Waals surface area contributed by atoms with E-state index in [1.54, 1.807) is 44.2 Å². The van der Waals surface area contributed by atoms with Crippen molar-refractivity contribution in [3.63, 3.8) is 0 Å². The summed E-state index contributed by atoms with van der Waals surface area (Å²) in [5, 5.41) is 10.5. The minimum Gasteiger partial charge on any atom is -0.460 e. The van der Waals surface area contributed by atoms with E-state index in [0.717, 1.165) is 9.40 Å². The van der Waals surface area contributed by atoms with Crippen molar-refractivity contribution in [3.05, 3.63) is 62.9 Å². The number of carbonyl (C=O) groups is 2. The SMILES string of the molecule is Cc1cn([C@H]2C[C@H](O)[C@@H](CO[PH](=O)N(Oc3ccccc3)C(C)C(=O)OC(C)C(=O)OC(C)C)O2)c(=O)[nH]c1=O. The lowest BCUT2D eigenvalue weighted by atomic mass is 10.2. The summed E-state index contributed by atoms with van der Waals surface area (Å²) in [6.07, 6.45) is -3.26. The number of aromatic amines is 1. The van der Waals surface area contributed by atoms with Crippen molar-refractivity contribution in [2.75, 3.05) is 6.61 Å². The summed E-state index contributed by atoms with van der Waals surface area (Å²) in [6, 6.07) is 6.93. The van der Waals surface area contributed by atoms with Crippen molar-refractivity contribution in [2.24, 2.45) is 0 Å². The van der Waals surface area contributed by atoms with Crippen LogP contribution in [0.3, 0.4) is 0 Å². The fourth-order valence-electron chi connectivity index (χ4n) is 3.67. The van der Waals surface area contributed by atoms with E-state index in [4.69, 9.17) is 23.6 Å². The van der Waals surface area contributed by atoms with Crippen molar-refractivity contribution in [2.45, 2.75) is 77.7 Å². The van der Waals surface area contributed by atoms with Crippen LogP contribution in [-0.2, 0) is 32.9 Å². The molecule has 3 unspecified atom stereocenters. The molecule has 1 aromatic heterocycles. The fraction of sp³-hybridized carbons (Fsp3) is 0.520. The maximum Gasteiger partial charge on any atom is 0.347 e. The quantitative estimate of drug-likeness (QED) is 0.209. The number of esters is 2. The zero-order chi connectivity index (χ0) is 29.6. The van der Waals surface area contributed by atoms with E-state index in [1.165, 1.54) is 27.0 Å². The Morgan fingerprint density at radius 2 is 1.82 bits per heavy atom. The summed E-state index contributed by atoms with van der Waals surface area (Å²) in [7, 11) is -3.32. The van der Waals surface area contributed by atoms with Crippen LogP contribution in [0.4, 0.5) is 0 Å². The van der Waals surface area contributed by atoms with E-state index in [0.29, 0.717) is 0 Å². The third kappa shape index (κ3) is 8.12. The van der Waals surface area contributed by atoms with Gasteiger partial charge in [-0.05, 0) is 46.8 Å². The van der Waals surface area contributed by atoms with Crippen LogP contribution in [0, 0.1) is 6.92 Å². The van der Waals surface area contributed by atoms with Crippen LogP contribution in [0.5, 0.6) is 5.75 Å². The number of para-hydroxylation sites is 1. The first-order valence-corrected chi connectivity index (χ1v) is 13.9. The average molecular weight is 584 g/mol. The molecule has 1 fully saturated rings. The molecule has 0 amide bonds. The second kappa shape index (κ2) is 13.9. The maximum atomic E-state index is 13.2. The van der Waals surface area contributed by atoms with E-state index in [2.05, 4.69) is 4.98 Å². The smallest absolute Gasteiger partial charge is 0.347 e. The Morgan fingerprint density at radius 3 is 2.48 bits per heavy atom. The number of H-pyrrole nitrogens is 1. The molecule has 0 spiro atoms. The Balaban J connectivity index is 1.69. The van der Waals surface area contributed by atoms with Gasteiger partial charge in [-0.25, -0.2) is 9.59 Å². The topological polar surface area (TPSA) is 176 Å². The number of aliphatic hydroxyl groups is 1. The molecule has 6 atom stereocenters. The lowest BCUT2D eigenvalue weighted by Gasteiger charge is -2.27. The molecule has 1 aromatic carbocycles. The summed E-state index contributed by atoms with van der Waals surface area (Å²) in [6.45, 7) is 7.16. The third-order valence-electron chi connectivity index (χ3n) is 5.83. The second-order valence-corrected chi connectivity index (χ2v) is 10.7. The van der Waals surface area contributed by atoms with Crippen molar-refractivity contribution < 1.29 is 42.8 Å². The van der Waals surface area contributed by atoms with Crippen molar-refractivity contribution in [1.29, 1.82) is 0 Å².